The first kappa shape index (κ1) is 14.4. The fourth-order valence-corrected chi connectivity index (χ4v) is 3.91. The van der Waals surface area contributed by atoms with E-state index in [4.69, 9.17) is 0 Å². The number of hydrogen-bond acceptors (Lipinski definition) is 4. The Morgan fingerprint density at radius 2 is 2.05 bits per heavy atom. The first-order valence-corrected chi connectivity index (χ1v) is 8.22. The Morgan fingerprint density at radius 1 is 1.33 bits per heavy atom. The maximum absolute atomic E-state index is 12.7. The predicted octanol–water partition coefficient (Wildman–Crippen LogP) is 2.95. The molecule has 1 aliphatic carbocycles. The van der Waals surface area contributed by atoms with E-state index < -0.39 is 5.41 Å². The van der Waals surface area contributed by atoms with Crippen LogP contribution in [0.5, 0.6) is 0 Å². The fourth-order valence-electron chi connectivity index (χ4n) is 2.69. The third kappa shape index (κ3) is 2.55. The first-order chi connectivity index (χ1) is 9.88. The average molecular weight is 304 g/mol. The minimum atomic E-state index is -0.442. The Balaban J connectivity index is 2.08. The summed E-state index contributed by atoms with van der Waals surface area (Å²) in [6, 6.07) is 0. The zero-order valence-electron chi connectivity index (χ0n) is 12.7. The van der Waals surface area contributed by atoms with Gasteiger partial charge in [-0.15, -0.1) is 11.3 Å². The molecule has 21 heavy (non-hydrogen) atoms. The summed E-state index contributed by atoms with van der Waals surface area (Å²) < 4.78 is 1.47. The molecule has 0 fully saturated rings. The molecule has 0 amide bonds. The van der Waals surface area contributed by atoms with E-state index >= 15 is 0 Å². The van der Waals surface area contributed by atoms with Gasteiger partial charge in [-0.2, -0.15) is 0 Å². The van der Waals surface area contributed by atoms with Gasteiger partial charge in [0.25, 0.3) is 5.56 Å². The molecule has 0 saturated carbocycles. The standard InChI is InChI=1S/C16H20N2O2S/c1-16(2,3)12(19)8-18-9-17-14-13(15(18)20)10-6-4-5-7-11(10)21-14/h9H,4-8H2,1-3H3. The highest BCUT2D eigenvalue weighted by Gasteiger charge is 2.24. The predicted molar refractivity (Wildman–Crippen MR) is 85.0 cm³/mol. The number of ketones is 1. The number of hydrogen-bond donors (Lipinski definition) is 0. The second kappa shape index (κ2) is 5.05. The number of aryl methyl sites for hydroxylation is 2. The molecule has 0 radical (unpaired) electrons. The van der Waals surface area contributed by atoms with Crippen molar-refractivity contribution < 1.29 is 4.79 Å². The number of rotatable bonds is 2. The third-order valence-corrected chi connectivity index (χ3v) is 5.29. The van der Waals surface area contributed by atoms with Gasteiger partial charge in [-0.3, -0.25) is 14.2 Å². The van der Waals surface area contributed by atoms with E-state index in [-0.39, 0.29) is 17.9 Å². The highest BCUT2D eigenvalue weighted by atomic mass is 32.1. The Bertz CT molecular complexity index is 765. The van der Waals surface area contributed by atoms with Gasteiger partial charge in [0.2, 0.25) is 0 Å². The summed E-state index contributed by atoms with van der Waals surface area (Å²) in [6.45, 7) is 5.73. The summed E-state index contributed by atoms with van der Waals surface area (Å²) >= 11 is 1.64. The van der Waals surface area contributed by atoms with Crippen LogP contribution in [0.4, 0.5) is 0 Å². The summed E-state index contributed by atoms with van der Waals surface area (Å²) in [5.41, 5.74) is 0.677. The van der Waals surface area contributed by atoms with Crippen molar-refractivity contribution in [1.82, 2.24) is 9.55 Å². The van der Waals surface area contributed by atoms with E-state index in [9.17, 15) is 9.59 Å². The van der Waals surface area contributed by atoms with Crippen molar-refractivity contribution in [1.29, 1.82) is 0 Å². The van der Waals surface area contributed by atoms with Crippen LogP contribution in [0.25, 0.3) is 10.2 Å². The lowest BCUT2D eigenvalue weighted by Crippen LogP contribution is -2.31. The number of carbonyl (C=O) groups excluding carboxylic acids is 1. The lowest BCUT2D eigenvalue weighted by Gasteiger charge is -2.17. The van der Waals surface area contributed by atoms with Gasteiger partial charge >= 0.3 is 0 Å². The first-order valence-electron chi connectivity index (χ1n) is 7.41. The lowest BCUT2D eigenvalue weighted by molar-refractivity contribution is -0.126. The van der Waals surface area contributed by atoms with Gasteiger partial charge in [-0.05, 0) is 31.2 Å². The Labute approximate surface area is 127 Å². The Hall–Kier alpha value is -1.49. The molecule has 0 spiro atoms. The molecule has 112 valence electrons. The third-order valence-electron chi connectivity index (χ3n) is 4.09. The van der Waals surface area contributed by atoms with E-state index in [2.05, 4.69) is 4.98 Å². The molecule has 3 rings (SSSR count). The summed E-state index contributed by atoms with van der Waals surface area (Å²) in [5.74, 6) is 0.0508. The maximum atomic E-state index is 12.7. The average Bonchev–Trinajstić information content (AvgIpc) is 2.79. The summed E-state index contributed by atoms with van der Waals surface area (Å²) in [7, 11) is 0. The van der Waals surface area contributed by atoms with E-state index in [1.54, 1.807) is 11.3 Å². The van der Waals surface area contributed by atoms with Gasteiger partial charge < -0.3 is 0 Å². The van der Waals surface area contributed by atoms with E-state index in [1.165, 1.54) is 27.8 Å². The zero-order valence-corrected chi connectivity index (χ0v) is 13.5. The molecule has 2 aromatic rings. The van der Waals surface area contributed by atoms with Gasteiger partial charge in [0.1, 0.15) is 4.83 Å². The van der Waals surface area contributed by atoms with Crippen LogP contribution in [0, 0.1) is 5.41 Å². The molecule has 2 aromatic heterocycles. The molecule has 0 atom stereocenters. The number of carbonyl (C=O) groups is 1. The minimum absolute atomic E-state index is 0.0508. The van der Waals surface area contributed by atoms with E-state index in [1.807, 2.05) is 20.8 Å². The van der Waals surface area contributed by atoms with Crippen LogP contribution >= 0.6 is 11.3 Å². The van der Waals surface area contributed by atoms with Gasteiger partial charge in [-0.25, -0.2) is 4.98 Å². The monoisotopic (exact) mass is 304 g/mol. The van der Waals surface area contributed by atoms with Crippen molar-refractivity contribution in [3.05, 3.63) is 27.1 Å². The molecule has 5 heteroatoms. The molecule has 1 aliphatic rings. The molecule has 0 aromatic carbocycles. The second-order valence-corrected chi connectivity index (χ2v) is 7.83. The van der Waals surface area contributed by atoms with Gasteiger partial charge in [0, 0.05) is 10.3 Å². The van der Waals surface area contributed by atoms with Crippen LogP contribution in [-0.2, 0) is 24.2 Å². The number of fused-ring (bicyclic) bond motifs is 3. The van der Waals surface area contributed by atoms with E-state index in [0.29, 0.717) is 0 Å². The topological polar surface area (TPSA) is 52.0 Å². The Morgan fingerprint density at radius 3 is 2.76 bits per heavy atom. The van der Waals surface area contributed by atoms with Crippen molar-refractivity contribution in [2.45, 2.75) is 53.0 Å². The molecule has 0 unspecified atom stereocenters. The highest BCUT2D eigenvalue weighted by molar-refractivity contribution is 7.18. The second-order valence-electron chi connectivity index (χ2n) is 6.74. The van der Waals surface area contributed by atoms with Crippen molar-refractivity contribution >= 4 is 27.3 Å². The number of aromatic nitrogens is 2. The summed E-state index contributed by atoms with van der Waals surface area (Å²) in [4.78, 5) is 31.4. The molecule has 4 nitrogen and oxygen atoms in total. The van der Waals surface area contributed by atoms with Crippen LogP contribution in [0.2, 0.25) is 0 Å². The molecular formula is C16H20N2O2S. The van der Waals surface area contributed by atoms with Gasteiger partial charge in [0.05, 0.1) is 18.3 Å². The number of thiophene rings is 1. The van der Waals surface area contributed by atoms with Crippen molar-refractivity contribution in [2.75, 3.05) is 0 Å². The normalized spacial score (nSPS) is 15.2. The van der Waals surface area contributed by atoms with Gasteiger partial charge in [-0.1, -0.05) is 20.8 Å². The SMILES string of the molecule is CC(C)(C)C(=O)Cn1cnc2sc3c(c2c1=O)CCCC3. The largest absolute Gasteiger partial charge is 0.297 e. The Kier molecular flexibility index (Phi) is 3.48. The summed E-state index contributed by atoms with van der Waals surface area (Å²) in [6.07, 6.45) is 5.86. The van der Waals surface area contributed by atoms with Crippen molar-refractivity contribution in [3.63, 3.8) is 0 Å². The van der Waals surface area contributed by atoms with Crippen LogP contribution in [-0.4, -0.2) is 15.3 Å². The van der Waals surface area contributed by atoms with E-state index in [0.717, 1.165) is 29.5 Å². The molecule has 2 heterocycles. The van der Waals surface area contributed by atoms with Crippen molar-refractivity contribution in [2.24, 2.45) is 5.41 Å². The van der Waals surface area contributed by atoms with Crippen molar-refractivity contribution in [3.8, 4) is 0 Å². The number of nitrogens with zero attached hydrogens (tertiary/aromatic N) is 2. The lowest BCUT2D eigenvalue weighted by atomic mass is 9.91. The van der Waals surface area contributed by atoms with Crippen LogP contribution in [0.15, 0.2) is 11.1 Å². The van der Waals surface area contributed by atoms with Crippen LogP contribution in [0.1, 0.15) is 44.1 Å². The minimum Gasteiger partial charge on any atom is -0.297 e. The molecular weight excluding hydrogens is 284 g/mol. The van der Waals surface area contributed by atoms with Crippen LogP contribution in [0.3, 0.4) is 0 Å². The molecule has 0 bridgehead atoms. The fraction of sp³-hybridized carbons (Fsp3) is 0.562. The molecule has 0 saturated heterocycles. The maximum Gasteiger partial charge on any atom is 0.262 e. The van der Waals surface area contributed by atoms with Crippen LogP contribution < -0.4 is 5.56 Å². The van der Waals surface area contributed by atoms with Gasteiger partial charge in [0.15, 0.2) is 5.78 Å². The number of Topliss-reactive ketones (excluding diaryl/α,β-unsaturated/α-hetero) is 1. The highest BCUT2D eigenvalue weighted by Crippen LogP contribution is 2.33. The smallest absolute Gasteiger partial charge is 0.262 e. The summed E-state index contributed by atoms with van der Waals surface area (Å²) in [5, 5.41) is 0.749. The molecule has 0 aliphatic heterocycles. The quantitative estimate of drug-likeness (QED) is 0.857. The zero-order chi connectivity index (χ0) is 15.2. The molecule has 0 N–H and O–H groups in total.